The van der Waals surface area contributed by atoms with Crippen molar-refractivity contribution >= 4 is 13.3 Å². The van der Waals surface area contributed by atoms with Crippen molar-refractivity contribution in [2.45, 2.75) is 51.6 Å². The zero-order chi connectivity index (χ0) is 13.9. The molecule has 2 unspecified atom stereocenters. The second-order valence-electron chi connectivity index (χ2n) is 6.84. The molecule has 3 heteroatoms. The fraction of sp³-hybridized carbons (Fsp3) is 0.625. The molecular weight excluding hydrogens is 250 g/mol. The molecule has 0 bridgehead atoms. The molecule has 0 radical (unpaired) electrons. The van der Waals surface area contributed by atoms with Crippen LogP contribution in [0, 0.1) is 5.92 Å². The van der Waals surface area contributed by atoms with E-state index in [4.69, 9.17) is 0 Å². The van der Waals surface area contributed by atoms with Crippen LogP contribution in [0.2, 0.25) is 19.6 Å². The van der Waals surface area contributed by atoms with E-state index in [1.54, 1.807) is 0 Å². The second-order valence-corrected chi connectivity index (χ2v) is 11.9. The summed E-state index contributed by atoms with van der Waals surface area (Å²) >= 11 is 0. The first kappa shape index (κ1) is 14.8. The molecule has 1 fully saturated rings. The zero-order valence-corrected chi connectivity index (χ0v) is 13.4. The fourth-order valence-corrected chi connectivity index (χ4v) is 3.95. The lowest BCUT2D eigenvalue weighted by Gasteiger charge is -2.17. The maximum atomic E-state index is 9.78. The van der Waals surface area contributed by atoms with Gasteiger partial charge in [-0.15, -0.1) is 0 Å². The average molecular weight is 277 g/mol. The van der Waals surface area contributed by atoms with E-state index in [0.29, 0.717) is 5.92 Å². The van der Waals surface area contributed by atoms with Gasteiger partial charge in [-0.1, -0.05) is 55.5 Å². The van der Waals surface area contributed by atoms with Gasteiger partial charge in [0.1, 0.15) is 0 Å². The van der Waals surface area contributed by atoms with Crippen LogP contribution in [-0.2, 0) is 6.54 Å². The first-order valence-electron chi connectivity index (χ1n) is 7.45. The number of aliphatic hydroxyl groups excluding tert-OH is 1. The lowest BCUT2D eigenvalue weighted by Crippen LogP contribution is -2.37. The number of benzene rings is 1. The van der Waals surface area contributed by atoms with Crippen molar-refractivity contribution in [2.75, 3.05) is 6.54 Å². The van der Waals surface area contributed by atoms with Crippen LogP contribution >= 0.6 is 0 Å². The molecule has 0 spiro atoms. The number of nitrogens with one attached hydrogen (secondary N) is 1. The van der Waals surface area contributed by atoms with Gasteiger partial charge in [-0.3, -0.25) is 0 Å². The van der Waals surface area contributed by atoms with Gasteiger partial charge < -0.3 is 10.4 Å². The van der Waals surface area contributed by atoms with Crippen LogP contribution in [0.5, 0.6) is 0 Å². The Morgan fingerprint density at radius 3 is 2.37 bits per heavy atom. The molecule has 19 heavy (non-hydrogen) atoms. The van der Waals surface area contributed by atoms with Gasteiger partial charge in [0.05, 0.1) is 14.2 Å². The van der Waals surface area contributed by atoms with Crippen LogP contribution in [0.3, 0.4) is 0 Å². The first-order valence-corrected chi connectivity index (χ1v) is 10.9. The van der Waals surface area contributed by atoms with Crippen molar-refractivity contribution < 1.29 is 5.11 Å². The van der Waals surface area contributed by atoms with E-state index in [1.165, 1.54) is 23.6 Å². The van der Waals surface area contributed by atoms with Gasteiger partial charge in [0.2, 0.25) is 0 Å². The summed E-state index contributed by atoms with van der Waals surface area (Å²) in [7, 11) is -1.17. The molecule has 1 aromatic rings. The average Bonchev–Trinajstić information content (AvgIpc) is 2.75. The van der Waals surface area contributed by atoms with Crippen molar-refractivity contribution in [3.05, 3.63) is 29.8 Å². The summed E-state index contributed by atoms with van der Waals surface area (Å²) in [5.74, 6) is 0.459. The molecule has 0 saturated heterocycles. The summed E-state index contributed by atoms with van der Waals surface area (Å²) in [6.45, 7) is 8.98. The molecule has 1 saturated carbocycles. The van der Waals surface area contributed by atoms with Crippen molar-refractivity contribution in [3.63, 3.8) is 0 Å². The molecule has 2 rings (SSSR count). The predicted molar refractivity (Wildman–Crippen MR) is 84.5 cm³/mol. The topological polar surface area (TPSA) is 32.3 Å². The Bertz CT molecular complexity index is 396. The monoisotopic (exact) mass is 277 g/mol. The Kier molecular flexibility index (Phi) is 4.82. The zero-order valence-electron chi connectivity index (χ0n) is 12.4. The van der Waals surface area contributed by atoms with Crippen molar-refractivity contribution in [1.82, 2.24) is 5.32 Å². The molecule has 0 heterocycles. The minimum atomic E-state index is -1.17. The Morgan fingerprint density at radius 2 is 1.84 bits per heavy atom. The van der Waals surface area contributed by atoms with Crippen LogP contribution in [0.1, 0.15) is 24.8 Å². The van der Waals surface area contributed by atoms with Gasteiger partial charge in [0.25, 0.3) is 0 Å². The lowest BCUT2D eigenvalue weighted by molar-refractivity contribution is 0.131. The van der Waals surface area contributed by atoms with Gasteiger partial charge in [-0.25, -0.2) is 0 Å². The predicted octanol–water partition coefficient (Wildman–Crippen LogP) is 2.48. The Balaban J connectivity index is 1.80. The van der Waals surface area contributed by atoms with Crippen LogP contribution in [0.25, 0.3) is 0 Å². The molecule has 2 N–H and O–H groups in total. The standard InChI is InChI=1S/C16H27NOSi/c1-19(2,3)15-9-7-13(8-10-15)11-17-12-14-5-4-6-16(14)18/h7-10,14,16-18H,4-6,11-12H2,1-3H3. The molecule has 0 amide bonds. The number of rotatable bonds is 5. The van der Waals surface area contributed by atoms with E-state index in [0.717, 1.165) is 19.5 Å². The molecular formula is C16H27NOSi. The maximum absolute atomic E-state index is 9.78. The summed E-state index contributed by atoms with van der Waals surface area (Å²) in [5.41, 5.74) is 1.34. The molecule has 1 aliphatic carbocycles. The van der Waals surface area contributed by atoms with E-state index in [9.17, 15) is 5.11 Å². The van der Waals surface area contributed by atoms with E-state index in [1.807, 2.05) is 0 Å². The van der Waals surface area contributed by atoms with E-state index in [-0.39, 0.29) is 6.10 Å². The summed E-state index contributed by atoms with van der Waals surface area (Å²) in [6, 6.07) is 9.05. The first-order chi connectivity index (χ1) is 8.97. The van der Waals surface area contributed by atoms with Crippen molar-refractivity contribution in [3.8, 4) is 0 Å². The normalized spacial score (nSPS) is 23.8. The summed E-state index contributed by atoms with van der Waals surface area (Å²) in [5, 5.41) is 14.8. The molecule has 1 aromatic carbocycles. The van der Waals surface area contributed by atoms with Crippen LogP contribution in [-0.4, -0.2) is 25.8 Å². The van der Waals surface area contributed by atoms with Gasteiger partial charge in [-0.05, 0) is 24.3 Å². The molecule has 106 valence electrons. The summed E-state index contributed by atoms with van der Waals surface area (Å²) in [4.78, 5) is 0. The van der Waals surface area contributed by atoms with Crippen LogP contribution in [0.4, 0.5) is 0 Å². The van der Waals surface area contributed by atoms with Crippen molar-refractivity contribution in [2.24, 2.45) is 5.92 Å². The largest absolute Gasteiger partial charge is 0.393 e. The van der Waals surface area contributed by atoms with Gasteiger partial charge >= 0.3 is 0 Å². The summed E-state index contributed by atoms with van der Waals surface area (Å²) in [6.07, 6.45) is 3.25. The minimum absolute atomic E-state index is 0.0817. The third-order valence-corrected chi connectivity index (χ3v) is 6.24. The van der Waals surface area contributed by atoms with Gasteiger partial charge in [0, 0.05) is 13.1 Å². The van der Waals surface area contributed by atoms with Crippen molar-refractivity contribution in [1.29, 1.82) is 0 Å². The van der Waals surface area contributed by atoms with Gasteiger partial charge in [0.15, 0.2) is 0 Å². The van der Waals surface area contributed by atoms with E-state index >= 15 is 0 Å². The third-order valence-electron chi connectivity index (χ3n) is 4.17. The highest BCUT2D eigenvalue weighted by Gasteiger charge is 2.24. The summed E-state index contributed by atoms with van der Waals surface area (Å²) < 4.78 is 0. The number of hydrogen-bond acceptors (Lipinski definition) is 2. The third kappa shape index (κ3) is 4.16. The molecule has 0 aliphatic heterocycles. The van der Waals surface area contributed by atoms with Crippen LogP contribution < -0.4 is 10.5 Å². The highest BCUT2D eigenvalue weighted by atomic mass is 28.3. The second kappa shape index (κ2) is 6.20. The highest BCUT2D eigenvalue weighted by Crippen LogP contribution is 2.24. The number of aliphatic hydroxyl groups is 1. The SMILES string of the molecule is C[Si](C)(C)c1ccc(CNCC2CCCC2O)cc1. The Morgan fingerprint density at radius 1 is 1.16 bits per heavy atom. The molecule has 1 aliphatic rings. The number of hydrogen-bond donors (Lipinski definition) is 2. The quantitative estimate of drug-likeness (QED) is 0.811. The molecule has 2 nitrogen and oxygen atoms in total. The smallest absolute Gasteiger partial charge is 0.0775 e. The molecule has 2 atom stereocenters. The Hall–Kier alpha value is -0.643. The van der Waals surface area contributed by atoms with E-state index in [2.05, 4.69) is 49.2 Å². The fourth-order valence-electron chi connectivity index (χ4n) is 2.78. The highest BCUT2D eigenvalue weighted by molar-refractivity contribution is 6.88. The molecule has 0 aromatic heterocycles. The van der Waals surface area contributed by atoms with Gasteiger partial charge in [-0.2, -0.15) is 0 Å². The van der Waals surface area contributed by atoms with E-state index < -0.39 is 8.07 Å². The Labute approximate surface area is 118 Å². The minimum Gasteiger partial charge on any atom is -0.393 e. The van der Waals surface area contributed by atoms with Crippen LogP contribution in [0.15, 0.2) is 24.3 Å². The lowest BCUT2D eigenvalue weighted by atomic mass is 10.1. The maximum Gasteiger partial charge on any atom is 0.0775 e.